The van der Waals surface area contributed by atoms with Crippen molar-refractivity contribution in [1.29, 1.82) is 0 Å². The summed E-state index contributed by atoms with van der Waals surface area (Å²) in [5.41, 5.74) is 5.21. The van der Waals surface area contributed by atoms with Gasteiger partial charge in [0.15, 0.2) is 0 Å². The summed E-state index contributed by atoms with van der Waals surface area (Å²) in [5, 5.41) is 0. The van der Waals surface area contributed by atoms with Gasteiger partial charge in [0.1, 0.15) is 5.75 Å². The molecular weight excluding hydrogens is 212 g/mol. The zero-order chi connectivity index (χ0) is 12.2. The summed E-state index contributed by atoms with van der Waals surface area (Å²) in [6.07, 6.45) is 1.08. The first kappa shape index (κ1) is 13.0. The van der Waals surface area contributed by atoms with Gasteiger partial charge >= 0.3 is 0 Å². The molecule has 0 saturated carbocycles. The number of methoxy groups -OCH3 is 1. The molecule has 0 heterocycles. The number of allylic oxidation sites excluding steroid dienone is 1. The largest absolute Gasteiger partial charge is 0.497 e. The van der Waals surface area contributed by atoms with E-state index in [1.54, 1.807) is 7.11 Å². The predicted molar refractivity (Wildman–Crippen MR) is 74.6 cm³/mol. The lowest BCUT2D eigenvalue weighted by molar-refractivity contribution is 0.414. The van der Waals surface area contributed by atoms with Crippen LogP contribution in [0.4, 0.5) is 0 Å². The molecule has 88 valence electrons. The first-order chi connectivity index (χ1) is 7.46. The van der Waals surface area contributed by atoms with Gasteiger partial charge in [-0.25, -0.2) is 0 Å². The SMILES string of the molecule is CC/C(=C\[Si](C)(C)C)c1cccc(OC)c1. The van der Waals surface area contributed by atoms with Crippen molar-refractivity contribution in [2.45, 2.75) is 33.0 Å². The fourth-order valence-electron chi connectivity index (χ4n) is 1.74. The molecule has 1 rings (SSSR count). The van der Waals surface area contributed by atoms with E-state index in [4.69, 9.17) is 4.74 Å². The minimum atomic E-state index is -1.15. The molecule has 1 nitrogen and oxygen atoms in total. The maximum Gasteiger partial charge on any atom is 0.119 e. The molecule has 16 heavy (non-hydrogen) atoms. The molecule has 0 amide bonds. The van der Waals surface area contributed by atoms with Crippen molar-refractivity contribution < 1.29 is 4.74 Å². The predicted octanol–water partition coefficient (Wildman–Crippen LogP) is 4.37. The fraction of sp³-hybridized carbons (Fsp3) is 0.429. The van der Waals surface area contributed by atoms with Gasteiger partial charge in [-0.2, -0.15) is 0 Å². The van der Waals surface area contributed by atoms with Crippen LogP contribution in [0.15, 0.2) is 30.0 Å². The molecule has 2 heteroatoms. The van der Waals surface area contributed by atoms with Crippen LogP contribution in [0.2, 0.25) is 19.6 Å². The molecule has 0 spiro atoms. The number of hydrogen-bond acceptors (Lipinski definition) is 1. The molecule has 0 aliphatic rings. The molecule has 0 radical (unpaired) electrons. The van der Waals surface area contributed by atoms with Crippen molar-refractivity contribution in [3.63, 3.8) is 0 Å². The van der Waals surface area contributed by atoms with E-state index in [1.807, 2.05) is 6.07 Å². The highest BCUT2D eigenvalue weighted by Gasteiger charge is 2.11. The van der Waals surface area contributed by atoms with Gasteiger partial charge in [0.25, 0.3) is 0 Å². The van der Waals surface area contributed by atoms with Crippen molar-refractivity contribution >= 4 is 13.6 Å². The van der Waals surface area contributed by atoms with Gasteiger partial charge in [0.05, 0.1) is 15.2 Å². The normalized spacial score (nSPS) is 12.7. The van der Waals surface area contributed by atoms with Crippen molar-refractivity contribution in [2.24, 2.45) is 0 Å². The third-order valence-corrected chi connectivity index (χ3v) is 3.64. The maximum atomic E-state index is 5.26. The topological polar surface area (TPSA) is 9.23 Å². The van der Waals surface area contributed by atoms with E-state index in [-0.39, 0.29) is 0 Å². The molecular formula is C14H22OSi. The van der Waals surface area contributed by atoms with Crippen LogP contribution in [0.3, 0.4) is 0 Å². The van der Waals surface area contributed by atoms with E-state index in [0.29, 0.717) is 0 Å². The van der Waals surface area contributed by atoms with E-state index in [1.165, 1.54) is 11.1 Å². The standard InChI is InChI=1S/C14H22OSi/c1-6-12(11-16(3,4)5)13-8-7-9-14(10-13)15-2/h7-11H,6H2,1-5H3/b12-11+. The zero-order valence-electron chi connectivity index (χ0n) is 11.0. The van der Waals surface area contributed by atoms with Gasteiger partial charge in [0.2, 0.25) is 0 Å². The first-order valence-electron chi connectivity index (χ1n) is 5.82. The van der Waals surface area contributed by atoms with E-state index < -0.39 is 8.07 Å². The minimum absolute atomic E-state index is 0.937. The summed E-state index contributed by atoms with van der Waals surface area (Å²) in [7, 11) is 0.561. The molecule has 0 aliphatic heterocycles. The van der Waals surface area contributed by atoms with Gasteiger partial charge in [-0.1, -0.05) is 44.4 Å². The lowest BCUT2D eigenvalue weighted by Gasteiger charge is -2.14. The molecule has 0 saturated heterocycles. The molecule has 0 unspecified atom stereocenters. The Balaban J connectivity index is 3.09. The second-order valence-corrected chi connectivity index (χ2v) is 10.1. The van der Waals surface area contributed by atoms with E-state index >= 15 is 0 Å². The molecule has 1 aromatic carbocycles. The molecule has 0 aliphatic carbocycles. The average molecular weight is 234 g/mol. The van der Waals surface area contributed by atoms with Crippen molar-refractivity contribution in [3.8, 4) is 5.75 Å². The fourth-order valence-corrected chi connectivity index (χ4v) is 3.15. The van der Waals surface area contributed by atoms with Gasteiger partial charge in [-0.3, -0.25) is 0 Å². The summed E-state index contributed by atoms with van der Waals surface area (Å²) >= 11 is 0. The van der Waals surface area contributed by atoms with Gasteiger partial charge in [-0.15, -0.1) is 0 Å². The Labute approximate surface area is 100 Å². The van der Waals surface area contributed by atoms with Crippen molar-refractivity contribution in [1.82, 2.24) is 0 Å². The molecule has 0 atom stereocenters. The lowest BCUT2D eigenvalue weighted by atomic mass is 10.1. The number of rotatable bonds is 4. The highest BCUT2D eigenvalue weighted by Crippen LogP contribution is 2.24. The van der Waals surface area contributed by atoms with E-state index in [2.05, 4.69) is 50.5 Å². The Morgan fingerprint density at radius 1 is 1.31 bits per heavy atom. The van der Waals surface area contributed by atoms with Crippen LogP contribution in [-0.4, -0.2) is 15.2 Å². The number of ether oxygens (including phenoxy) is 1. The monoisotopic (exact) mass is 234 g/mol. The third-order valence-electron chi connectivity index (χ3n) is 2.43. The van der Waals surface area contributed by atoms with Crippen molar-refractivity contribution in [2.75, 3.05) is 7.11 Å². The summed E-state index contributed by atoms with van der Waals surface area (Å²) < 4.78 is 5.26. The molecule has 0 bridgehead atoms. The van der Waals surface area contributed by atoms with Gasteiger partial charge in [-0.05, 0) is 29.7 Å². The minimum Gasteiger partial charge on any atom is -0.497 e. The highest BCUT2D eigenvalue weighted by atomic mass is 28.3. The quantitative estimate of drug-likeness (QED) is 0.703. The molecule has 1 aromatic rings. The summed E-state index contributed by atoms with van der Waals surface area (Å²) in [4.78, 5) is 0. The van der Waals surface area contributed by atoms with Crippen LogP contribution in [0.1, 0.15) is 18.9 Å². The van der Waals surface area contributed by atoms with Crippen LogP contribution < -0.4 is 4.74 Å². The Kier molecular flexibility index (Phi) is 4.36. The summed E-state index contributed by atoms with van der Waals surface area (Å²) in [6, 6.07) is 8.33. The first-order valence-corrected chi connectivity index (χ1v) is 9.40. The van der Waals surface area contributed by atoms with Crippen LogP contribution in [0.5, 0.6) is 5.75 Å². The Hall–Kier alpha value is -1.02. The summed E-state index contributed by atoms with van der Waals surface area (Å²) in [6.45, 7) is 9.31. The molecule has 0 aromatic heterocycles. The second kappa shape index (κ2) is 5.35. The van der Waals surface area contributed by atoms with Crippen LogP contribution in [0.25, 0.3) is 5.57 Å². The Morgan fingerprint density at radius 3 is 2.50 bits per heavy atom. The van der Waals surface area contributed by atoms with Crippen LogP contribution in [0, 0.1) is 0 Å². The zero-order valence-corrected chi connectivity index (χ0v) is 12.0. The highest BCUT2D eigenvalue weighted by molar-refractivity contribution is 6.81. The Bertz CT molecular complexity index is 375. The lowest BCUT2D eigenvalue weighted by Crippen LogP contribution is -2.16. The average Bonchev–Trinajstić information content (AvgIpc) is 2.25. The number of benzene rings is 1. The Morgan fingerprint density at radius 2 is 2.00 bits per heavy atom. The second-order valence-electron chi connectivity index (χ2n) is 5.12. The molecule has 0 N–H and O–H groups in total. The van der Waals surface area contributed by atoms with Gasteiger partial charge < -0.3 is 4.74 Å². The van der Waals surface area contributed by atoms with E-state index in [9.17, 15) is 0 Å². The van der Waals surface area contributed by atoms with Crippen LogP contribution >= 0.6 is 0 Å². The third kappa shape index (κ3) is 3.85. The van der Waals surface area contributed by atoms with Crippen LogP contribution in [-0.2, 0) is 0 Å². The molecule has 0 fully saturated rings. The van der Waals surface area contributed by atoms with E-state index in [0.717, 1.165) is 12.2 Å². The van der Waals surface area contributed by atoms with Crippen molar-refractivity contribution in [3.05, 3.63) is 35.5 Å². The van der Waals surface area contributed by atoms with Gasteiger partial charge in [0, 0.05) is 0 Å². The smallest absolute Gasteiger partial charge is 0.119 e. The maximum absolute atomic E-state index is 5.26. The number of hydrogen-bond donors (Lipinski definition) is 0. The summed E-state index contributed by atoms with van der Waals surface area (Å²) in [5.74, 6) is 0.937.